The van der Waals surface area contributed by atoms with Gasteiger partial charge in [-0.2, -0.15) is 0 Å². The average Bonchev–Trinajstić information content (AvgIpc) is 2.60. The van der Waals surface area contributed by atoms with E-state index in [-0.39, 0.29) is 12.8 Å². The second-order valence-electron chi connectivity index (χ2n) is 6.38. The number of rotatable bonds is 8. The third-order valence-electron chi connectivity index (χ3n) is 4.01. The summed E-state index contributed by atoms with van der Waals surface area (Å²) in [5, 5.41) is 5.12. The summed E-state index contributed by atoms with van der Waals surface area (Å²) in [5.74, 6) is -2.12. The third-order valence-corrected chi connectivity index (χ3v) is 4.50. The number of hydrogen-bond acceptors (Lipinski definition) is 3. The van der Waals surface area contributed by atoms with Crippen LogP contribution in [-0.4, -0.2) is 29.8 Å². The average molecular weight is 450 g/mol. The van der Waals surface area contributed by atoms with E-state index in [0.29, 0.717) is 5.56 Å². The van der Waals surface area contributed by atoms with Gasteiger partial charge in [0.15, 0.2) is 0 Å². The highest BCUT2D eigenvalue weighted by Gasteiger charge is 2.25. The summed E-state index contributed by atoms with van der Waals surface area (Å²) in [5.41, 5.74) is 6.79. The lowest BCUT2D eigenvalue weighted by molar-refractivity contribution is -0.130. The van der Waals surface area contributed by atoms with Crippen molar-refractivity contribution in [3.8, 4) is 0 Å². The van der Waals surface area contributed by atoms with Gasteiger partial charge in [-0.15, -0.1) is 0 Å². The zero-order valence-electron chi connectivity index (χ0n) is 15.2. The molecule has 0 saturated heterocycles. The minimum atomic E-state index is -0.969. The van der Waals surface area contributed by atoms with E-state index >= 15 is 0 Å². The molecular weight excluding hydrogens is 429 g/mol. The molecule has 0 saturated carbocycles. The quantitative estimate of drug-likeness (QED) is 0.572. The van der Waals surface area contributed by atoms with Gasteiger partial charge < -0.3 is 16.4 Å². The molecule has 4 N–H and O–H groups in total. The summed E-state index contributed by atoms with van der Waals surface area (Å²) in [7, 11) is 0. The molecule has 2 atom stereocenters. The van der Waals surface area contributed by atoms with E-state index in [1.165, 1.54) is 25.1 Å². The number of carbonyl (C=O) groups excluding carboxylic acids is 3. The molecule has 0 heterocycles. The first-order valence-electron chi connectivity index (χ1n) is 8.60. The van der Waals surface area contributed by atoms with E-state index in [1.807, 2.05) is 24.3 Å². The number of carbonyl (C=O) groups is 3. The highest BCUT2D eigenvalue weighted by molar-refractivity contribution is 9.10. The van der Waals surface area contributed by atoms with Crippen molar-refractivity contribution in [2.75, 3.05) is 0 Å². The number of hydrogen-bond donors (Lipinski definition) is 3. The van der Waals surface area contributed by atoms with Gasteiger partial charge in [0.1, 0.15) is 17.9 Å². The molecule has 0 fully saturated rings. The lowest BCUT2D eigenvalue weighted by atomic mass is 10.0. The topological polar surface area (TPSA) is 101 Å². The molecule has 0 aliphatic carbocycles. The number of halogens is 2. The van der Waals surface area contributed by atoms with Crippen LogP contribution in [0.2, 0.25) is 0 Å². The Morgan fingerprint density at radius 3 is 2.18 bits per heavy atom. The van der Waals surface area contributed by atoms with Crippen molar-refractivity contribution in [3.63, 3.8) is 0 Å². The van der Waals surface area contributed by atoms with E-state index in [1.54, 1.807) is 6.07 Å². The van der Waals surface area contributed by atoms with Gasteiger partial charge in [-0.1, -0.05) is 40.2 Å². The van der Waals surface area contributed by atoms with Crippen molar-refractivity contribution in [1.82, 2.24) is 10.6 Å². The number of nitrogens with one attached hydrogen (secondary N) is 2. The largest absolute Gasteiger partial charge is 0.368 e. The Morgan fingerprint density at radius 1 is 1.00 bits per heavy atom. The van der Waals surface area contributed by atoms with Gasteiger partial charge in [0.2, 0.25) is 17.7 Å². The SMILES string of the molecule is CC(=O)N[C@@H](Cc1cccc(F)c1)C(=O)N[C@H](Cc1cccc(Br)c1)C(N)=O. The molecule has 0 radical (unpaired) electrons. The predicted molar refractivity (Wildman–Crippen MR) is 107 cm³/mol. The van der Waals surface area contributed by atoms with Crippen LogP contribution in [0.5, 0.6) is 0 Å². The molecule has 148 valence electrons. The molecule has 28 heavy (non-hydrogen) atoms. The molecule has 0 spiro atoms. The predicted octanol–water partition coefficient (Wildman–Crippen LogP) is 1.85. The maximum atomic E-state index is 13.4. The molecule has 2 aromatic rings. The van der Waals surface area contributed by atoms with Crippen LogP contribution < -0.4 is 16.4 Å². The van der Waals surface area contributed by atoms with Crippen LogP contribution in [0.1, 0.15) is 18.1 Å². The summed E-state index contributed by atoms with van der Waals surface area (Å²) in [6.07, 6.45) is 0.277. The lowest BCUT2D eigenvalue weighted by Gasteiger charge is -2.22. The van der Waals surface area contributed by atoms with Crippen molar-refractivity contribution < 1.29 is 18.8 Å². The Kier molecular flexibility index (Phi) is 7.69. The summed E-state index contributed by atoms with van der Waals surface area (Å²) in [4.78, 5) is 36.0. The van der Waals surface area contributed by atoms with E-state index < -0.39 is 35.6 Å². The van der Waals surface area contributed by atoms with Crippen molar-refractivity contribution in [2.45, 2.75) is 31.8 Å². The van der Waals surface area contributed by atoms with E-state index in [2.05, 4.69) is 26.6 Å². The van der Waals surface area contributed by atoms with Gasteiger partial charge in [0.05, 0.1) is 0 Å². The minimum absolute atomic E-state index is 0.0749. The van der Waals surface area contributed by atoms with Gasteiger partial charge >= 0.3 is 0 Å². The maximum Gasteiger partial charge on any atom is 0.243 e. The third kappa shape index (κ3) is 6.77. The zero-order valence-corrected chi connectivity index (χ0v) is 16.8. The Bertz CT molecular complexity index is 875. The standard InChI is InChI=1S/C20H21BrFN3O3/c1-12(26)24-18(11-14-5-3-7-16(22)9-14)20(28)25-17(19(23)27)10-13-4-2-6-15(21)8-13/h2-9,17-18H,10-11H2,1H3,(H2,23,27)(H,24,26)(H,25,28)/t17-,18+/m1/s1. The van der Waals surface area contributed by atoms with Crippen LogP contribution in [-0.2, 0) is 27.2 Å². The molecular formula is C20H21BrFN3O3. The first-order valence-corrected chi connectivity index (χ1v) is 9.39. The van der Waals surface area contributed by atoms with E-state index in [9.17, 15) is 18.8 Å². The molecule has 8 heteroatoms. The van der Waals surface area contributed by atoms with Gasteiger partial charge in [-0.05, 0) is 35.4 Å². The fourth-order valence-corrected chi connectivity index (χ4v) is 3.20. The van der Waals surface area contributed by atoms with Crippen molar-refractivity contribution in [3.05, 3.63) is 69.9 Å². The molecule has 3 amide bonds. The first-order chi connectivity index (χ1) is 13.2. The van der Waals surface area contributed by atoms with E-state index in [4.69, 9.17) is 5.73 Å². The lowest BCUT2D eigenvalue weighted by Crippen LogP contribution is -2.54. The van der Waals surface area contributed by atoms with Crippen LogP contribution in [0, 0.1) is 5.82 Å². The molecule has 0 unspecified atom stereocenters. The summed E-state index contributed by atoms with van der Waals surface area (Å²) in [6.45, 7) is 1.28. The van der Waals surface area contributed by atoms with Crippen LogP contribution in [0.25, 0.3) is 0 Å². The monoisotopic (exact) mass is 449 g/mol. The molecule has 0 aliphatic rings. The number of primary amides is 1. The smallest absolute Gasteiger partial charge is 0.243 e. The minimum Gasteiger partial charge on any atom is -0.368 e. The Labute approximate surface area is 170 Å². The summed E-state index contributed by atoms with van der Waals surface area (Å²) >= 11 is 3.35. The molecule has 6 nitrogen and oxygen atoms in total. The number of amides is 3. The Morgan fingerprint density at radius 2 is 1.61 bits per heavy atom. The Balaban J connectivity index is 2.14. The number of nitrogens with two attached hydrogens (primary N) is 1. The molecule has 0 aromatic heterocycles. The molecule has 0 aliphatic heterocycles. The highest BCUT2D eigenvalue weighted by Crippen LogP contribution is 2.13. The molecule has 2 rings (SSSR count). The van der Waals surface area contributed by atoms with Crippen molar-refractivity contribution in [2.24, 2.45) is 5.73 Å². The van der Waals surface area contributed by atoms with E-state index in [0.717, 1.165) is 10.0 Å². The molecule has 0 bridgehead atoms. The second kappa shape index (κ2) is 9.98. The Hall–Kier alpha value is -2.74. The second-order valence-corrected chi connectivity index (χ2v) is 7.30. The summed E-state index contributed by atoms with van der Waals surface area (Å²) < 4.78 is 14.3. The van der Waals surface area contributed by atoms with Crippen LogP contribution in [0.3, 0.4) is 0 Å². The molecule has 2 aromatic carbocycles. The fraction of sp³-hybridized carbons (Fsp3) is 0.250. The van der Waals surface area contributed by atoms with Gasteiger partial charge in [0, 0.05) is 24.2 Å². The van der Waals surface area contributed by atoms with Gasteiger partial charge in [0.25, 0.3) is 0 Å². The van der Waals surface area contributed by atoms with Gasteiger partial charge in [-0.3, -0.25) is 14.4 Å². The zero-order chi connectivity index (χ0) is 20.7. The van der Waals surface area contributed by atoms with Crippen LogP contribution >= 0.6 is 15.9 Å². The van der Waals surface area contributed by atoms with Crippen LogP contribution in [0.15, 0.2) is 53.0 Å². The van der Waals surface area contributed by atoms with Gasteiger partial charge in [-0.25, -0.2) is 4.39 Å². The fourth-order valence-electron chi connectivity index (χ4n) is 2.75. The van der Waals surface area contributed by atoms with Crippen molar-refractivity contribution >= 4 is 33.7 Å². The number of benzene rings is 2. The van der Waals surface area contributed by atoms with Crippen LogP contribution in [0.4, 0.5) is 4.39 Å². The normalized spacial score (nSPS) is 12.7. The van der Waals surface area contributed by atoms with Crippen molar-refractivity contribution in [1.29, 1.82) is 0 Å². The first kappa shape index (κ1) is 21.6. The summed E-state index contributed by atoms with van der Waals surface area (Å²) in [6, 6.07) is 11.1. The maximum absolute atomic E-state index is 13.4. The highest BCUT2D eigenvalue weighted by atomic mass is 79.9.